The summed E-state index contributed by atoms with van der Waals surface area (Å²) in [4.78, 5) is 24.1. The van der Waals surface area contributed by atoms with E-state index in [1.54, 1.807) is 12.4 Å². The Morgan fingerprint density at radius 1 is 1.47 bits per heavy atom. The first-order valence-electron chi connectivity index (χ1n) is 5.88. The molecule has 2 aromatic heterocycles. The van der Waals surface area contributed by atoms with Gasteiger partial charge in [-0.15, -0.1) is 11.3 Å². The summed E-state index contributed by atoms with van der Waals surface area (Å²) in [6, 6.07) is 0. The highest BCUT2D eigenvalue weighted by molar-refractivity contribution is 7.73. The number of hydrogen-bond acceptors (Lipinski definition) is 5. The van der Waals surface area contributed by atoms with E-state index in [0.717, 1.165) is 22.8 Å². The van der Waals surface area contributed by atoms with Gasteiger partial charge in [-0.05, 0) is 19.1 Å². The minimum absolute atomic E-state index is 0.0961. The van der Waals surface area contributed by atoms with Gasteiger partial charge in [0.1, 0.15) is 5.82 Å². The number of aromatic amines is 1. The molecule has 0 fully saturated rings. The predicted molar refractivity (Wildman–Crippen MR) is 78.0 cm³/mol. The van der Waals surface area contributed by atoms with Gasteiger partial charge in [-0.2, -0.15) is 0 Å². The molecule has 0 spiro atoms. The summed E-state index contributed by atoms with van der Waals surface area (Å²) in [7, 11) is 0. The maximum atomic E-state index is 11.9. The van der Waals surface area contributed by atoms with Crippen LogP contribution in [-0.4, -0.2) is 20.9 Å². The smallest absolute Gasteiger partial charge is 0.229 e. The van der Waals surface area contributed by atoms with Crippen LogP contribution in [-0.2, 0) is 17.6 Å². The Morgan fingerprint density at radius 2 is 2.16 bits per heavy atom. The van der Waals surface area contributed by atoms with Crippen LogP contribution in [0.3, 0.4) is 0 Å². The molecule has 0 atom stereocenters. The monoisotopic (exact) mass is 294 g/mol. The number of amides is 1. The molecule has 2 aromatic rings. The molecule has 2 N–H and O–H groups in total. The standard InChI is InChI=1S/C12H14N4OS2/c1-3-10-13-5-8(6-14-10)16-11(17)4-9-7(2)15-12(18)19-9/h5-6H,3-4H2,1-2H3,(H,15,18)(H,16,17). The number of carbonyl (C=O) groups is 1. The van der Waals surface area contributed by atoms with E-state index in [-0.39, 0.29) is 5.91 Å². The number of nitrogens with one attached hydrogen (secondary N) is 2. The van der Waals surface area contributed by atoms with Gasteiger partial charge in [-0.25, -0.2) is 9.97 Å². The third kappa shape index (κ3) is 3.68. The maximum Gasteiger partial charge on any atom is 0.229 e. The summed E-state index contributed by atoms with van der Waals surface area (Å²) in [5, 5.41) is 2.77. The van der Waals surface area contributed by atoms with Crippen LogP contribution in [0.2, 0.25) is 0 Å². The second-order valence-corrected chi connectivity index (χ2v) is 5.80. The second kappa shape index (κ2) is 6.03. The van der Waals surface area contributed by atoms with Crippen molar-refractivity contribution in [2.75, 3.05) is 5.32 Å². The molecule has 5 nitrogen and oxygen atoms in total. The average molecular weight is 294 g/mol. The van der Waals surface area contributed by atoms with Crippen LogP contribution in [0, 0.1) is 10.9 Å². The average Bonchev–Trinajstić information content (AvgIpc) is 2.68. The lowest BCUT2D eigenvalue weighted by Crippen LogP contribution is -2.14. The Kier molecular flexibility index (Phi) is 4.39. The van der Waals surface area contributed by atoms with Crippen LogP contribution in [0.15, 0.2) is 12.4 Å². The molecule has 19 heavy (non-hydrogen) atoms. The van der Waals surface area contributed by atoms with Gasteiger partial charge in [0, 0.05) is 17.0 Å². The van der Waals surface area contributed by atoms with E-state index < -0.39 is 0 Å². The molecular formula is C12H14N4OS2. The molecule has 0 aromatic carbocycles. The molecule has 0 unspecified atom stereocenters. The van der Waals surface area contributed by atoms with Crippen molar-refractivity contribution in [3.63, 3.8) is 0 Å². The lowest BCUT2D eigenvalue weighted by molar-refractivity contribution is -0.115. The number of aryl methyl sites for hydroxylation is 2. The highest BCUT2D eigenvalue weighted by Gasteiger charge is 2.09. The van der Waals surface area contributed by atoms with Gasteiger partial charge in [0.25, 0.3) is 0 Å². The summed E-state index contributed by atoms with van der Waals surface area (Å²) < 4.78 is 0.691. The first-order valence-corrected chi connectivity index (χ1v) is 7.10. The summed E-state index contributed by atoms with van der Waals surface area (Å²) in [6.45, 7) is 3.89. The van der Waals surface area contributed by atoms with Crippen molar-refractivity contribution in [2.45, 2.75) is 26.7 Å². The number of nitrogens with zero attached hydrogens (tertiary/aromatic N) is 2. The third-order valence-electron chi connectivity index (χ3n) is 2.55. The summed E-state index contributed by atoms with van der Waals surface area (Å²) in [5.74, 6) is 0.665. The number of anilines is 1. The Hall–Kier alpha value is -1.60. The van der Waals surface area contributed by atoms with Crippen molar-refractivity contribution >= 4 is 35.1 Å². The fraction of sp³-hybridized carbons (Fsp3) is 0.333. The van der Waals surface area contributed by atoms with Crippen LogP contribution in [0.1, 0.15) is 23.3 Å². The zero-order valence-electron chi connectivity index (χ0n) is 10.7. The number of aromatic nitrogens is 3. The first-order chi connectivity index (χ1) is 9.08. The molecule has 0 aliphatic rings. The first kappa shape index (κ1) is 13.8. The molecular weight excluding hydrogens is 280 g/mol. The topological polar surface area (TPSA) is 70.7 Å². The van der Waals surface area contributed by atoms with Gasteiger partial charge in [0.2, 0.25) is 5.91 Å². The quantitative estimate of drug-likeness (QED) is 0.850. The molecule has 0 bridgehead atoms. The number of carbonyl (C=O) groups excluding carboxylic acids is 1. The number of hydrogen-bond donors (Lipinski definition) is 2. The summed E-state index contributed by atoms with van der Waals surface area (Å²) in [5.41, 5.74) is 1.56. The van der Waals surface area contributed by atoms with Crippen molar-refractivity contribution in [3.05, 3.63) is 32.7 Å². The van der Waals surface area contributed by atoms with Gasteiger partial charge < -0.3 is 10.3 Å². The van der Waals surface area contributed by atoms with E-state index in [4.69, 9.17) is 12.2 Å². The molecule has 0 aliphatic heterocycles. The van der Waals surface area contributed by atoms with Gasteiger partial charge in [-0.1, -0.05) is 6.92 Å². The molecule has 2 heterocycles. The predicted octanol–water partition coefficient (Wildman–Crippen LogP) is 2.65. The Bertz CT molecular complexity index is 630. The third-order valence-corrected chi connectivity index (χ3v) is 3.89. The molecule has 0 radical (unpaired) electrons. The minimum Gasteiger partial charge on any atom is -0.341 e. The van der Waals surface area contributed by atoms with E-state index in [9.17, 15) is 4.79 Å². The number of H-pyrrole nitrogens is 1. The van der Waals surface area contributed by atoms with Crippen molar-refractivity contribution in [1.82, 2.24) is 15.0 Å². The molecule has 0 aliphatic carbocycles. The molecule has 0 saturated carbocycles. The van der Waals surface area contributed by atoms with Gasteiger partial charge in [0.05, 0.1) is 24.5 Å². The Labute approximate surface area is 120 Å². The van der Waals surface area contributed by atoms with Crippen molar-refractivity contribution in [2.24, 2.45) is 0 Å². The zero-order valence-corrected chi connectivity index (χ0v) is 12.3. The highest BCUT2D eigenvalue weighted by atomic mass is 32.1. The van der Waals surface area contributed by atoms with Crippen molar-refractivity contribution < 1.29 is 4.79 Å². The second-order valence-electron chi connectivity index (χ2n) is 4.03. The minimum atomic E-state index is -0.0961. The Balaban J connectivity index is 2.00. The largest absolute Gasteiger partial charge is 0.341 e. The molecule has 100 valence electrons. The highest BCUT2D eigenvalue weighted by Crippen LogP contribution is 2.15. The van der Waals surface area contributed by atoms with E-state index >= 15 is 0 Å². The lowest BCUT2D eigenvalue weighted by atomic mass is 10.3. The molecule has 0 saturated heterocycles. The van der Waals surface area contributed by atoms with Crippen LogP contribution in [0.25, 0.3) is 0 Å². The van der Waals surface area contributed by atoms with E-state index in [1.165, 1.54) is 11.3 Å². The van der Waals surface area contributed by atoms with Gasteiger partial charge in [0.15, 0.2) is 3.95 Å². The fourth-order valence-corrected chi connectivity index (χ4v) is 2.85. The fourth-order valence-electron chi connectivity index (χ4n) is 1.56. The zero-order chi connectivity index (χ0) is 13.8. The number of rotatable bonds is 4. The van der Waals surface area contributed by atoms with Crippen LogP contribution < -0.4 is 5.32 Å². The van der Waals surface area contributed by atoms with E-state index in [2.05, 4.69) is 20.3 Å². The van der Waals surface area contributed by atoms with Crippen molar-refractivity contribution in [1.29, 1.82) is 0 Å². The number of thiazole rings is 1. The van der Waals surface area contributed by atoms with Crippen molar-refractivity contribution in [3.8, 4) is 0 Å². The summed E-state index contributed by atoms with van der Waals surface area (Å²) >= 11 is 6.47. The van der Waals surface area contributed by atoms with E-state index in [1.807, 2.05) is 13.8 Å². The summed E-state index contributed by atoms with van der Waals surface area (Å²) in [6.07, 6.45) is 4.32. The SMILES string of the molecule is CCc1ncc(NC(=O)Cc2sc(=S)[nH]c2C)cn1. The van der Waals surface area contributed by atoms with Crippen LogP contribution in [0.5, 0.6) is 0 Å². The molecule has 7 heteroatoms. The molecule has 1 amide bonds. The maximum absolute atomic E-state index is 11.9. The lowest BCUT2D eigenvalue weighted by Gasteiger charge is -2.04. The normalized spacial score (nSPS) is 10.4. The van der Waals surface area contributed by atoms with Crippen LogP contribution >= 0.6 is 23.6 Å². The van der Waals surface area contributed by atoms with E-state index in [0.29, 0.717) is 16.1 Å². The molecule has 2 rings (SSSR count). The Morgan fingerprint density at radius 3 is 2.68 bits per heavy atom. The van der Waals surface area contributed by atoms with Crippen LogP contribution in [0.4, 0.5) is 5.69 Å². The van der Waals surface area contributed by atoms with Gasteiger partial charge in [-0.3, -0.25) is 4.79 Å². The van der Waals surface area contributed by atoms with Gasteiger partial charge >= 0.3 is 0 Å².